The minimum Gasteiger partial charge on any atom is -0.462 e. The van der Waals surface area contributed by atoms with E-state index in [0.29, 0.717) is 17.7 Å². The maximum atomic E-state index is 11.6. The Morgan fingerprint density at radius 3 is 2.18 bits per heavy atom. The van der Waals surface area contributed by atoms with Crippen LogP contribution in [0.15, 0.2) is 36.6 Å². The van der Waals surface area contributed by atoms with Crippen molar-refractivity contribution in [2.75, 3.05) is 6.61 Å². The number of carbonyl (C=O) groups excluding carboxylic acids is 2. The minimum atomic E-state index is -0.460. The van der Waals surface area contributed by atoms with Crippen molar-refractivity contribution in [1.82, 2.24) is 0 Å². The van der Waals surface area contributed by atoms with Gasteiger partial charge in [-0.3, -0.25) is 4.79 Å². The molecule has 0 unspecified atom stereocenters. The number of ether oxygens (including phenoxy) is 1. The summed E-state index contributed by atoms with van der Waals surface area (Å²) in [5.41, 5.74) is 4.08. The molecule has 0 aliphatic carbocycles. The molecule has 0 fully saturated rings. The van der Waals surface area contributed by atoms with Crippen LogP contribution in [0.5, 0.6) is 0 Å². The van der Waals surface area contributed by atoms with Crippen molar-refractivity contribution in [3.05, 3.63) is 47.7 Å². The second-order valence-corrected chi connectivity index (χ2v) is 3.41. The maximum absolute atomic E-state index is 11.6. The Balaban J connectivity index is 3.03. The van der Waals surface area contributed by atoms with Gasteiger partial charge in [0, 0.05) is 5.56 Å². The van der Waals surface area contributed by atoms with Gasteiger partial charge in [0.1, 0.15) is 5.57 Å². The third-order valence-electron chi connectivity index (χ3n) is 2.24. The zero-order valence-corrected chi connectivity index (χ0v) is 9.95. The van der Waals surface area contributed by atoms with E-state index >= 15 is 0 Å². The van der Waals surface area contributed by atoms with E-state index in [4.69, 9.17) is 4.74 Å². The van der Waals surface area contributed by atoms with Crippen molar-refractivity contribution >= 4 is 17.3 Å². The molecule has 1 aromatic carbocycles. The molecule has 88 valence electrons. The van der Waals surface area contributed by atoms with Crippen molar-refractivity contribution < 1.29 is 14.3 Å². The molecule has 1 rings (SSSR count). The van der Waals surface area contributed by atoms with Gasteiger partial charge < -0.3 is 4.74 Å². The molecule has 0 aliphatic heterocycles. The number of hydrogen-bond acceptors (Lipinski definition) is 3. The number of Topliss-reactive ketones (excluding diaryl/α,β-unsaturated/α-hetero) is 1. The molecular weight excluding hydrogens is 216 g/mol. The molecule has 0 bridgehead atoms. The molecule has 3 heteroatoms. The van der Waals surface area contributed by atoms with E-state index in [1.54, 1.807) is 31.2 Å². The molecule has 3 nitrogen and oxygen atoms in total. The zero-order chi connectivity index (χ0) is 12.8. The standard InChI is InChI=1S/C14H14O3/c1-4-13(14(16)17-5-2)12-8-6-11(7-9-12)10(3)15/h6-9H,1,5H2,2-3H3. The summed E-state index contributed by atoms with van der Waals surface area (Å²) in [5.74, 6) is -0.477. The first kappa shape index (κ1) is 12.9. The summed E-state index contributed by atoms with van der Waals surface area (Å²) >= 11 is 0. The summed E-state index contributed by atoms with van der Waals surface area (Å²) in [5, 5.41) is 0. The first-order valence-corrected chi connectivity index (χ1v) is 5.28. The molecule has 0 aromatic heterocycles. The Kier molecular flexibility index (Phi) is 4.44. The third kappa shape index (κ3) is 3.16. The molecular formula is C14H14O3. The fourth-order valence-electron chi connectivity index (χ4n) is 1.37. The molecule has 0 saturated carbocycles. The number of rotatable bonds is 4. The molecule has 0 atom stereocenters. The van der Waals surface area contributed by atoms with Crippen LogP contribution in [0.2, 0.25) is 0 Å². The van der Waals surface area contributed by atoms with Gasteiger partial charge in [-0.2, -0.15) is 0 Å². The summed E-state index contributed by atoms with van der Waals surface area (Å²) < 4.78 is 4.88. The van der Waals surface area contributed by atoms with Gasteiger partial charge in [0.15, 0.2) is 5.78 Å². The summed E-state index contributed by atoms with van der Waals surface area (Å²) in [6.07, 6.45) is 0. The molecule has 17 heavy (non-hydrogen) atoms. The highest BCUT2D eigenvalue weighted by atomic mass is 16.5. The lowest BCUT2D eigenvalue weighted by Crippen LogP contribution is -2.06. The van der Waals surface area contributed by atoms with E-state index in [1.807, 2.05) is 0 Å². The van der Waals surface area contributed by atoms with Crippen LogP contribution in [0.25, 0.3) is 5.57 Å². The predicted octanol–water partition coefficient (Wildman–Crippen LogP) is 2.62. The molecule has 0 amide bonds. The van der Waals surface area contributed by atoms with Crippen LogP contribution in [0.3, 0.4) is 0 Å². The van der Waals surface area contributed by atoms with Gasteiger partial charge in [0.25, 0.3) is 0 Å². The molecule has 0 radical (unpaired) electrons. The molecule has 1 aromatic rings. The summed E-state index contributed by atoms with van der Waals surface area (Å²) in [6.45, 7) is 6.99. The van der Waals surface area contributed by atoms with E-state index in [0.717, 1.165) is 0 Å². The zero-order valence-electron chi connectivity index (χ0n) is 9.95. The SMILES string of the molecule is C=C=C(C(=O)OCC)c1ccc(C(C)=O)cc1. The minimum absolute atomic E-state index is 0.0168. The van der Waals surface area contributed by atoms with Gasteiger partial charge >= 0.3 is 5.97 Å². The summed E-state index contributed by atoms with van der Waals surface area (Å²) in [4.78, 5) is 22.7. The maximum Gasteiger partial charge on any atom is 0.346 e. The van der Waals surface area contributed by atoms with E-state index in [2.05, 4.69) is 12.3 Å². The number of esters is 1. The van der Waals surface area contributed by atoms with Crippen molar-refractivity contribution in [3.8, 4) is 0 Å². The average molecular weight is 230 g/mol. The molecule has 0 aliphatic rings. The highest BCUT2D eigenvalue weighted by Gasteiger charge is 2.12. The van der Waals surface area contributed by atoms with Crippen LogP contribution in [-0.4, -0.2) is 18.4 Å². The quantitative estimate of drug-likeness (QED) is 0.345. The Morgan fingerprint density at radius 1 is 1.24 bits per heavy atom. The largest absolute Gasteiger partial charge is 0.462 e. The monoisotopic (exact) mass is 230 g/mol. The Hall–Kier alpha value is -2.12. The lowest BCUT2D eigenvalue weighted by atomic mass is 10.0. The van der Waals surface area contributed by atoms with Crippen LogP contribution >= 0.6 is 0 Å². The predicted molar refractivity (Wildman–Crippen MR) is 65.6 cm³/mol. The van der Waals surface area contributed by atoms with E-state index < -0.39 is 5.97 Å². The van der Waals surface area contributed by atoms with Crippen LogP contribution in [-0.2, 0) is 9.53 Å². The Morgan fingerprint density at radius 2 is 1.76 bits per heavy atom. The first-order valence-electron chi connectivity index (χ1n) is 5.28. The van der Waals surface area contributed by atoms with E-state index in [9.17, 15) is 9.59 Å². The van der Waals surface area contributed by atoms with Crippen LogP contribution in [0, 0.1) is 0 Å². The topological polar surface area (TPSA) is 43.4 Å². The van der Waals surface area contributed by atoms with Crippen molar-refractivity contribution in [3.63, 3.8) is 0 Å². The first-order chi connectivity index (χ1) is 8.10. The van der Waals surface area contributed by atoms with Gasteiger partial charge in [-0.25, -0.2) is 4.79 Å². The van der Waals surface area contributed by atoms with E-state index in [1.165, 1.54) is 6.92 Å². The normalized spacial score (nSPS) is 9.29. The molecule has 0 N–H and O–H groups in total. The smallest absolute Gasteiger partial charge is 0.346 e. The van der Waals surface area contributed by atoms with Crippen molar-refractivity contribution in [2.24, 2.45) is 0 Å². The van der Waals surface area contributed by atoms with Gasteiger partial charge in [-0.15, -0.1) is 5.73 Å². The van der Waals surface area contributed by atoms with Crippen LogP contribution < -0.4 is 0 Å². The van der Waals surface area contributed by atoms with Crippen molar-refractivity contribution in [2.45, 2.75) is 13.8 Å². The number of benzene rings is 1. The molecule has 0 saturated heterocycles. The lowest BCUT2D eigenvalue weighted by molar-refractivity contribution is -0.136. The van der Waals surface area contributed by atoms with Gasteiger partial charge in [-0.1, -0.05) is 30.8 Å². The summed E-state index contributed by atoms with van der Waals surface area (Å²) in [6, 6.07) is 6.69. The number of hydrogen-bond donors (Lipinski definition) is 0. The second kappa shape index (κ2) is 5.83. The van der Waals surface area contributed by atoms with Crippen molar-refractivity contribution in [1.29, 1.82) is 0 Å². The fourth-order valence-corrected chi connectivity index (χ4v) is 1.37. The van der Waals surface area contributed by atoms with Crippen LogP contribution in [0.4, 0.5) is 0 Å². The van der Waals surface area contributed by atoms with Crippen LogP contribution in [0.1, 0.15) is 29.8 Å². The fraction of sp³-hybridized carbons (Fsp3) is 0.214. The highest BCUT2D eigenvalue weighted by molar-refractivity contribution is 6.16. The Bertz CT molecular complexity index is 477. The second-order valence-electron chi connectivity index (χ2n) is 3.41. The lowest BCUT2D eigenvalue weighted by Gasteiger charge is -2.05. The van der Waals surface area contributed by atoms with Gasteiger partial charge in [-0.05, 0) is 19.4 Å². The number of carbonyl (C=O) groups is 2. The summed E-state index contributed by atoms with van der Waals surface area (Å²) in [7, 11) is 0. The Labute approximate surface area is 100 Å². The highest BCUT2D eigenvalue weighted by Crippen LogP contribution is 2.16. The van der Waals surface area contributed by atoms with E-state index in [-0.39, 0.29) is 11.4 Å². The number of ketones is 1. The van der Waals surface area contributed by atoms with Gasteiger partial charge in [0.05, 0.1) is 6.61 Å². The molecule has 0 heterocycles. The average Bonchev–Trinajstić information content (AvgIpc) is 2.31. The van der Waals surface area contributed by atoms with Gasteiger partial charge in [0.2, 0.25) is 0 Å². The third-order valence-corrected chi connectivity index (χ3v) is 2.24. The molecule has 0 spiro atoms.